The van der Waals surface area contributed by atoms with Crippen LogP contribution in [0.2, 0.25) is 0 Å². The fourth-order valence-electron chi connectivity index (χ4n) is 4.14. The number of carboxylic acids is 1. The van der Waals surface area contributed by atoms with Gasteiger partial charge < -0.3 is 19.1 Å². The summed E-state index contributed by atoms with van der Waals surface area (Å²) in [6.45, 7) is 1.44. The molecular formula is C30H24BrNO4. The summed E-state index contributed by atoms with van der Waals surface area (Å²) in [7, 11) is 0. The minimum atomic E-state index is -1.13. The zero-order valence-corrected chi connectivity index (χ0v) is 21.0. The number of fused-ring (bicyclic) bond motifs is 2. The highest BCUT2D eigenvalue weighted by molar-refractivity contribution is 9.10. The number of benzene rings is 4. The Balaban J connectivity index is 1.20. The largest absolute Gasteiger partial charge is 0.494 e. The third-order valence-corrected chi connectivity index (χ3v) is 6.40. The lowest BCUT2D eigenvalue weighted by atomic mass is 10.1. The van der Waals surface area contributed by atoms with E-state index in [1.165, 1.54) is 17.0 Å². The lowest BCUT2D eigenvalue weighted by Gasteiger charge is -2.10. The van der Waals surface area contributed by atoms with Crippen LogP contribution in [0.25, 0.3) is 27.8 Å². The second-order valence-electron chi connectivity index (χ2n) is 8.38. The quantitative estimate of drug-likeness (QED) is 0.119. The Bertz CT molecular complexity index is 1550. The third kappa shape index (κ3) is 5.44. The van der Waals surface area contributed by atoms with E-state index in [4.69, 9.17) is 9.47 Å². The summed E-state index contributed by atoms with van der Waals surface area (Å²) in [5.41, 5.74) is 1.92. The molecular weight excluding hydrogens is 518 g/mol. The minimum absolute atomic E-state index is 0.147. The van der Waals surface area contributed by atoms with Crippen molar-refractivity contribution in [3.8, 4) is 11.5 Å². The van der Waals surface area contributed by atoms with E-state index in [0.29, 0.717) is 17.9 Å². The van der Waals surface area contributed by atoms with Gasteiger partial charge in [-0.2, -0.15) is 0 Å². The summed E-state index contributed by atoms with van der Waals surface area (Å²) in [6.07, 6.45) is 4.48. The summed E-state index contributed by atoms with van der Waals surface area (Å²) in [4.78, 5) is 11.9. The van der Waals surface area contributed by atoms with Gasteiger partial charge in [-0.1, -0.05) is 64.5 Å². The molecule has 1 heterocycles. The van der Waals surface area contributed by atoms with Crippen LogP contribution in [0, 0.1) is 0 Å². The van der Waals surface area contributed by atoms with E-state index in [1.54, 1.807) is 6.07 Å². The maximum Gasteiger partial charge on any atom is 0.371 e. The van der Waals surface area contributed by atoms with Crippen molar-refractivity contribution < 1.29 is 19.4 Å². The molecule has 180 valence electrons. The van der Waals surface area contributed by atoms with Crippen LogP contribution >= 0.6 is 15.9 Å². The molecule has 6 heteroatoms. The first-order valence-electron chi connectivity index (χ1n) is 11.6. The smallest absolute Gasteiger partial charge is 0.371 e. The number of ether oxygens (including phenoxy) is 2. The number of hydrogen-bond acceptors (Lipinski definition) is 3. The van der Waals surface area contributed by atoms with Gasteiger partial charge in [0.2, 0.25) is 5.76 Å². The van der Waals surface area contributed by atoms with Gasteiger partial charge in [-0.15, -0.1) is 0 Å². The monoisotopic (exact) mass is 541 g/mol. The van der Waals surface area contributed by atoms with Gasteiger partial charge in [-0.05, 0) is 65.9 Å². The van der Waals surface area contributed by atoms with Gasteiger partial charge >= 0.3 is 5.97 Å². The second kappa shape index (κ2) is 10.7. The van der Waals surface area contributed by atoms with Crippen molar-refractivity contribution in [1.29, 1.82) is 0 Å². The first-order valence-corrected chi connectivity index (χ1v) is 12.4. The van der Waals surface area contributed by atoms with Gasteiger partial charge in [0.05, 0.1) is 6.61 Å². The number of aromatic nitrogens is 1. The topological polar surface area (TPSA) is 60.7 Å². The van der Waals surface area contributed by atoms with Crippen molar-refractivity contribution in [3.63, 3.8) is 0 Å². The molecule has 36 heavy (non-hydrogen) atoms. The molecule has 0 spiro atoms. The summed E-state index contributed by atoms with van der Waals surface area (Å²) in [5.74, 6) is -0.0377. The van der Waals surface area contributed by atoms with E-state index in [0.717, 1.165) is 34.0 Å². The van der Waals surface area contributed by atoms with Crippen molar-refractivity contribution in [2.75, 3.05) is 6.61 Å². The molecule has 0 saturated heterocycles. The summed E-state index contributed by atoms with van der Waals surface area (Å²) in [6, 6.07) is 29.0. The maximum atomic E-state index is 11.9. The lowest BCUT2D eigenvalue weighted by molar-refractivity contribution is -0.134. The second-order valence-corrected chi connectivity index (χ2v) is 9.29. The van der Waals surface area contributed by atoms with Crippen molar-refractivity contribution in [2.24, 2.45) is 0 Å². The molecule has 5 rings (SSSR count). The highest BCUT2D eigenvalue weighted by atomic mass is 79.9. The van der Waals surface area contributed by atoms with Gasteiger partial charge in [0.15, 0.2) is 0 Å². The van der Waals surface area contributed by atoms with Crippen LogP contribution in [0.1, 0.15) is 12.0 Å². The zero-order valence-electron chi connectivity index (χ0n) is 19.4. The first-order chi connectivity index (χ1) is 17.6. The molecule has 0 bridgehead atoms. The Morgan fingerprint density at radius 3 is 2.56 bits per heavy atom. The highest BCUT2D eigenvalue weighted by Gasteiger charge is 2.12. The molecule has 5 aromatic rings. The van der Waals surface area contributed by atoms with Crippen LogP contribution in [0.3, 0.4) is 0 Å². The number of aryl methyl sites for hydroxylation is 1. The van der Waals surface area contributed by atoms with Crippen LogP contribution in [0.5, 0.6) is 11.5 Å². The fraction of sp³-hybridized carbons (Fsp3) is 0.100. The van der Waals surface area contributed by atoms with E-state index in [1.807, 2.05) is 66.7 Å². The van der Waals surface area contributed by atoms with Crippen LogP contribution < -0.4 is 9.47 Å². The molecule has 1 aromatic heterocycles. The Kier molecular flexibility index (Phi) is 7.05. The number of carboxylic acid groups (broad SMARTS) is 1. The molecule has 0 aliphatic carbocycles. The predicted molar refractivity (Wildman–Crippen MR) is 146 cm³/mol. The molecule has 0 atom stereocenters. The molecule has 0 amide bonds. The Labute approximate surface area is 217 Å². The van der Waals surface area contributed by atoms with Crippen molar-refractivity contribution in [1.82, 2.24) is 4.57 Å². The lowest BCUT2D eigenvalue weighted by Crippen LogP contribution is -2.08. The fourth-order valence-corrected chi connectivity index (χ4v) is 4.52. The van der Waals surface area contributed by atoms with Crippen molar-refractivity contribution >= 4 is 49.7 Å². The summed E-state index contributed by atoms with van der Waals surface area (Å²) < 4.78 is 15.0. The van der Waals surface area contributed by atoms with E-state index < -0.39 is 5.97 Å². The molecule has 0 aliphatic heterocycles. The number of rotatable bonds is 9. The summed E-state index contributed by atoms with van der Waals surface area (Å²) >= 11 is 3.51. The molecule has 4 aromatic carbocycles. The molecule has 0 fully saturated rings. The van der Waals surface area contributed by atoms with Crippen molar-refractivity contribution in [2.45, 2.75) is 13.0 Å². The molecule has 0 unspecified atom stereocenters. The van der Waals surface area contributed by atoms with Gasteiger partial charge in [-0.25, -0.2) is 4.79 Å². The number of nitrogens with zero attached hydrogens (tertiary/aromatic N) is 1. The van der Waals surface area contributed by atoms with Gasteiger partial charge in [-0.3, -0.25) is 0 Å². The predicted octanol–water partition coefficient (Wildman–Crippen LogP) is 7.53. The minimum Gasteiger partial charge on any atom is -0.494 e. The van der Waals surface area contributed by atoms with Gasteiger partial charge in [0.25, 0.3) is 0 Å². The van der Waals surface area contributed by atoms with E-state index >= 15 is 0 Å². The van der Waals surface area contributed by atoms with Crippen molar-refractivity contribution in [3.05, 3.63) is 113 Å². The maximum absolute atomic E-state index is 11.9. The SMILES string of the molecule is O=C(O)/C(=C/c1ccc(OCCCn2ccc3cc(Br)ccc32)cc1)Oc1cccc2ccccc12. The molecule has 0 radical (unpaired) electrons. The Morgan fingerprint density at radius 1 is 0.917 bits per heavy atom. The van der Waals surface area contributed by atoms with Crippen LogP contribution in [0.4, 0.5) is 0 Å². The molecule has 0 aliphatic rings. The normalized spacial score (nSPS) is 11.6. The zero-order chi connectivity index (χ0) is 24.9. The number of halogens is 1. The third-order valence-electron chi connectivity index (χ3n) is 5.90. The van der Waals surface area contributed by atoms with E-state index in [-0.39, 0.29) is 5.76 Å². The first kappa shape index (κ1) is 23.7. The molecule has 5 nitrogen and oxygen atoms in total. The van der Waals surface area contributed by atoms with Crippen LogP contribution in [0.15, 0.2) is 107 Å². The number of hydrogen-bond donors (Lipinski definition) is 1. The average molecular weight is 542 g/mol. The van der Waals surface area contributed by atoms with Gasteiger partial charge in [0.1, 0.15) is 11.5 Å². The Hall–Kier alpha value is -4.03. The van der Waals surface area contributed by atoms with Crippen LogP contribution in [-0.2, 0) is 11.3 Å². The standard InChI is InChI=1S/C30H24BrNO4/c31-24-11-14-27-23(20-24)15-17-32(27)16-4-18-35-25-12-9-21(10-13-25)19-29(30(33)34)36-28-8-3-6-22-5-1-2-7-26(22)28/h1-3,5-15,17,19-20H,4,16,18H2,(H,33,34)/b29-19-. The highest BCUT2D eigenvalue weighted by Crippen LogP contribution is 2.27. The average Bonchev–Trinajstić information content (AvgIpc) is 3.29. The number of carbonyl (C=O) groups is 1. The molecule has 1 N–H and O–H groups in total. The van der Waals surface area contributed by atoms with E-state index in [2.05, 4.69) is 44.9 Å². The van der Waals surface area contributed by atoms with Gasteiger partial charge in [0, 0.05) is 33.5 Å². The summed E-state index contributed by atoms with van der Waals surface area (Å²) in [5, 5.41) is 12.8. The molecule has 0 saturated carbocycles. The van der Waals surface area contributed by atoms with Crippen LogP contribution in [-0.4, -0.2) is 22.2 Å². The number of aliphatic carboxylic acids is 1. The Morgan fingerprint density at radius 2 is 1.72 bits per heavy atom. The van der Waals surface area contributed by atoms with E-state index in [9.17, 15) is 9.90 Å².